The van der Waals surface area contributed by atoms with Gasteiger partial charge in [-0.3, -0.25) is 9.36 Å². The third kappa shape index (κ3) is 2.20. The maximum Gasteiger partial charge on any atom is 0.234 e. The zero-order valence-corrected chi connectivity index (χ0v) is 11.7. The minimum absolute atomic E-state index is 0.0958. The summed E-state index contributed by atoms with van der Waals surface area (Å²) in [6.07, 6.45) is 5.89. The van der Waals surface area contributed by atoms with Gasteiger partial charge in [-0.05, 0) is 43.9 Å². The second-order valence-corrected chi connectivity index (χ2v) is 5.51. The molecule has 0 radical (unpaired) electrons. The van der Waals surface area contributed by atoms with Crippen LogP contribution in [0.1, 0.15) is 30.5 Å². The van der Waals surface area contributed by atoms with Gasteiger partial charge < -0.3 is 10.5 Å². The summed E-state index contributed by atoms with van der Waals surface area (Å²) in [6.45, 7) is 0. The van der Waals surface area contributed by atoms with Gasteiger partial charge in [0.25, 0.3) is 0 Å². The van der Waals surface area contributed by atoms with Gasteiger partial charge in [0.05, 0.1) is 11.6 Å². The molecular formula is C16H20N2O2. The quantitative estimate of drug-likeness (QED) is 0.855. The maximum atomic E-state index is 12.7. The largest absolute Gasteiger partial charge is 0.398 e. The highest BCUT2D eigenvalue weighted by Crippen LogP contribution is 2.29. The summed E-state index contributed by atoms with van der Waals surface area (Å²) in [4.78, 5) is 12.7. The molecule has 1 heterocycles. The molecule has 1 aromatic heterocycles. The van der Waals surface area contributed by atoms with E-state index in [4.69, 9.17) is 10.5 Å². The van der Waals surface area contributed by atoms with E-state index >= 15 is 0 Å². The third-order valence-electron chi connectivity index (χ3n) is 4.36. The average Bonchev–Trinajstić information content (AvgIpc) is 2.92. The molecule has 0 saturated heterocycles. The molecule has 4 heteroatoms. The molecule has 1 aliphatic carbocycles. The molecule has 2 aromatic rings. The van der Waals surface area contributed by atoms with Crippen LogP contribution in [-0.4, -0.2) is 23.7 Å². The molecule has 0 unspecified atom stereocenters. The van der Waals surface area contributed by atoms with E-state index in [1.54, 1.807) is 11.7 Å². The second kappa shape index (κ2) is 5.29. The Kier molecular flexibility index (Phi) is 3.49. The van der Waals surface area contributed by atoms with Gasteiger partial charge in [0.15, 0.2) is 0 Å². The number of carbonyl (C=O) groups excluding carboxylic acids is 1. The molecule has 0 bridgehead atoms. The number of fused-ring (bicyclic) bond motifs is 1. The fraction of sp³-hybridized carbons (Fsp3) is 0.438. The molecule has 0 spiro atoms. The molecule has 1 saturated carbocycles. The van der Waals surface area contributed by atoms with E-state index in [9.17, 15) is 4.79 Å². The number of benzene rings is 1. The summed E-state index contributed by atoms with van der Waals surface area (Å²) in [5.74, 6) is 0.276. The third-order valence-corrected chi connectivity index (χ3v) is 4.36. The Morgan fingerprint density at radius 2 is 2.00 bits per heavy atom. The van der Waals surface area contributed by atoms with Crippen LogP contribution in [0.15, 0.2) is 30.5 Å². The lowest BCUT2D eigenvalue weighted by molar-refractivity contribution is 0.0484. The summed E-state index contributed by atoms with van der Waals surface area (Å²) in [5.41, 5.74) is 7.57. The van der Waals surface area contributed by atoms with Crippen molar-refractivity contribution in [3.8, 4) is 0 Å². The Labute approximate surface area is 118 Å². The van der Waals surface area contributed by atoms with Crippen molar-refractivity contribution in [1.29, 1.82) is 0 Å². The molecule has 0 atom stereocenters. The minimum Gasteiger partial charge on any atom is -0.398 e. The summed E-state index contributed by atoms with van der Waals surface area (Å²) in [6, 6.07) is 7.62. The van der Waals surface area contributed by atoms with Crippen LogP contribution in [0.5, 0.6) is 0 Å². The van der Waals surface area contributed by atoms with Crippen LogP contribution in [0.3, 0.4) is 0 Å². The molecule has 20 heavy (non-hydrogen) atoms. The fourth-order valence-corrected chi connectivity index (χ4v) is 3.13. The van der Waals surface area contributed by atoms with Crippen molar-refractivity contribution in [2.75, 3.05) is 12.8 Å². The second-order valence-electron chi connectivity index (χ2n) is 5.51. The smallest absolute Gasteiger partial charge is 0.234 e. The van der Waals surface area contributed by atoms with Gasteiger partial charge in [0, 0.05) is 30.3 Å². The molecular weight excluding hydrogens is 252 g/mol. The normalized spacial score (nSPS) is 23.1. The number of carbonyl (C=O) groups is 1. The number of methoxy groups -OCH3 is 1. The Morgan fingerprint density at radius 3 is 2.70 bits per heavy atom. The van der Waals surface area contributed by atoms with E-state index in [-0.39, 0.29) is 11.8 Å². The number of nitrogens with two attached hydrogens (primary N) is 1. The van der Waals surface area contributed by atoms with Crippen LogP contribution in [0.2, 0.25) is 0 Å². The monoisotopic (exact) mass is 272 g/mol. The van der Waals surface area contributed by atoms with Gasteiger partial charge in [0.2, 0.25) is 5.91 Å². The number of ether oxygens (including phenoxy) is 1. The number of aromatic nitrogens is 1. The number of hydrogen-bond donors (Lipinski definition) is 1. The molecule has 106 valence electrons. The predicted molar refractivity (Wildman–Crippen MR) is 79.7 cm³/mol. The van der Waals surface area contributed by atoms with Crippen LogP contribution < -0.4 is 5.73 Å². The molecule has 0 amide bonds. The van der Waals surface area contributed by atoms with E-state index < -0.39 is 0 Å². The van der Waals surface area contributed by atoms with E-state index in [0.29, 0.717) is 6.10 Å². The molecule has 1 aliphatic rings. The zero-order chi connectivity index (χ0) is 14.1. The highest BCUT2D eigenvalue weighted by molar-refractivity contribution is 5.98. The zero-order valence-electron chi connectivity index (χ0n) is 11.7. The first kappa shape index (κ1) is 13.2. The lowest BCUT2D eigenvalue weighted by Crippen LogP contribution is -2.28. The number of nitrogen functional groups attached to an aromatic ring is 1. The molecule has 4 nitrogen and oxygen atoms in total. The van der Waals surface area contributed by atoms with Gasteiger partial charge in [-0.2, -0.15) is 0 Å². The molecule has 3 rings (SSSR count). The Bertz CT molecular complexity index is 624. The molecule has 1 aromatic carbocycles. The first-order chi connectivity index (χ1) is 9.70. The van der Waals surface area contributed by atoms with Crippen LogP contribution in [-0.2, 0) is 4.74 Å². The number of nitrogens with zero attached hydrogens (tertiary/aromatic N) is 1. The van der Waals surface area contributed by atoms with Crippen LogP contribution in [0.25, 0.3) is 10.9 Å². The minimum atomic E-state index is 0.0958. The lowest BCUT2D eigenvalue weighted by Gasteiger charge is -2.26. The van der Waals surface area contributed by atoms with Gasteiger partial charge in [-0.1, -0.05) is 6.07 Å². The van der Waals surface area contributed by atoms with Gasteiger partial charge in [-0.25, -0.2) is 0 Å². The highest BCUT2D eigenvalue weighted by Gasteiger charge is 2.27. The van der Waals surface area contributed by atoms with Crippen molar-refractivity contribution in [3.05, 3.63) is 30.5 Å². The van der Waals surface area contributed by atoms with Crippen LogP contribution in [0, 0.1) is 5.92 Å². The first-order valence-corrected chi connectivity index (χ1v) is 7.13. The Hall–Kier alpha value is -1.81. The van der Waals surface area contributed by atoms with E-state index in [1.807, 2.05) is 30.5 Å². The number of hydrogen-bond acceptors (Lipinski definition) is 3. The fourth-order valence-electron chi connectivity index (χ4n) is 3.13. The van der Waals surface area contributed by atoms with E-state index in [2.05, 4.69) is 0 Å². The number of anilines is 1. The summed E-state index contributed by atoms with van der Waals surface area (Å²) < 4.78 is 7.11. The molecule has 0 aliphatic heterocycles. The lowest BCUT2D eigenvalue weighted by atomic mass is 9.86. The predicted octanol–water partition coefficient (Wildman–Crippen LogP) is 3.07. The Morgan fingerprint density at radius 1 is 1.25 bits per heavy atom. The average molecular weight is 272 g/mol. The topological polar surface area (TPSA) is 57.2 Å². The van der Waals surface area contributed by atoms with Crippen molar-refractivity contribution >= 4 is 22.5 Å². The highest BCUT2D eigenvalue weighted by atomic mass is 16.5. The summed E-state index contributed by atoms with van der Waals surface area (Å²) in [5, 5.41) is 0.950. The van der Waals surface area contributed by atoms with Gasteiger partial charge >= 0.3 is 0 Å². The van der Waals surface area contributed by atoms with Crippen LogP contribution >= 0.6 is 0 Å². The van der Waals surface area contributed by atoms with Crippen LogP contribution in [0.4, 0.5) is 5.69 Å². The Balaban J connectivity index is 1.85. The van der Waals surface area contributed by atoms with Gasteiger partial charge in [0.1, 0.15) is 0 Å². The van der Waals surface area contributed by atoms with Crippen molar-refractivity contribution in [2.24, 2.45) is 5.92 Å². The standard InChI is InChI=1S/C16H20N2O2/c1-20-12-7-5-11(6-8-12)16(19)18-10-9-13-14(17)3-2-4-15(13)18/h2-4,9-12H,5-8,17H2,1H3. The van der Waals surface area contributed by atoms with E-state index in [1.165, 1.54) is 0 Å². The maximum absolute atomic E-state index is 12.7. The SMILES string of the molecule is COC1CCC(C(=O)n2ccc3c(N)cccc32)CC1. The first-order valence-electron chi connectivity index (χ1n) is 7.13. The molecule has 1 fully saturated rings. The summed E-state index contributed by atoms with van der Waals surface area (Å²) >= 11 is 0. The van der Waals surface area contributed by atoms with Gasteiger partial charge in [-0.15, -0.1) is 0 Å². The van der Waals surface area contributed by atoms with Crippen molar-refractivity contribution < 1.29 is 9.53 Å². The van der Waals surface area contributed by atoms with E-state index in [0.717, 1.165) is 42.3 Å². The summed E-state index contributed by atoms with van der Waals surface area (Å²) in [7, 11) is 1.75. The van der Waals surface area contributed by atoms with Crippen molar-refractivity contribution in [2.45, 2.75) is 31.8 Å². The molecule has 2 N–H and O–H groups in total. The van der Waals surface area contributed by atoms with Crippen molar-refractivity contribution in [1.82, 2.24) is 4.57 Å². The van der Waals surface area contributed by atoms with Crippen molar-refractivity contribution in [3.63, 3.8) is 0 Å². The number of rotatable bonds is 2.